The summed E-state index contributed by atoms with van der Waals surface area (Å²) in [7, 11) is 0. The molecule has 0 fully saturated rings. The molecule has 0 atom stereocenters. The summed E-state index contributed by atoms with van der Waals surface area (Å²) in [5, 5.41) is 10.4. The largest absolute Gasteiger partial charge is 0.507 e. The first-order valence-corrected chi connectivity index (χ1v) is 5.51. The molecule has 1 heterocycles. The highest BCUT2D eigenvalue weighted by Gasteiger charge is 2.06. The maximum atomic E-state index is 9.39. The van der Waals surface area contributed by atoms with Crippen molar-refractivity contribution in [1.29, 1.82) is 0 Å². The van der Waals surface area contributed by atoms with Gasteiger partial charge in [-0.2, -0.15) is 0 Å². The van der Waals surface area contributed by atoms with E-state index in [1.807, 2.05) is 12.1 Å². The van der Waals surface area contributed by atoms with Crippen LogP contribution < -0.4 is 0 Å². The number of aromatic hydroxyl groups is 1. The third kappa shape index (κ3) is 1.52. The number of halogens is 1. The van der Waals surface area contributed by atoms with Gasteiger partial charge in [-0.15, -0.1) is 35.6 Å². The number of thiophene rings is 1. The molecule has 0 aliphatic heterocycles. The normalized spacial score (nSPS) is 10.9. The first-order chi connectivity index (χ1) is 6.22. The van der Waals surface area contributed by atoms with E-state index in [0.717, 1.165) is 15.0 Å². The van der Waals surface area contributed by atoms with Crippen molar-refractivity contribution in [2.45, 2.75) is 10.8 Å². The molecule has 13 heavy (non-hydrogen) atoms. The second-order valence-electron chi connectivity index (χ2n) is 2.69. The van der Waals surface area contributed by atoms with E-state index >= 15 is 0 Å². The maximum absolute atomic E-state index is 9.39. The van der Waals surface area contributed by atoms with Crippen LogP contribution >= 0.6 is 35.6 Å². The molecule has 68 valence electrons. The smallest absolute Gasteiger partial charge is 0.129 e. The van der Waals surface area contributed by atoms with Crippen LogP contribution in [0.1, 0.15) is 4.88 Å². The Kier molecular flexibility index (Phi) is 2.41. The molecule has 1 N–H and O–H groups in total. The Morgan fingerprint density at radius 2 is 2.23 bits per heavy atom. The molecule has 2 rings (SSSR count). The van der Waals surface area contributed by atoms with Gasteiger partial charge in [-0.1, -0.05) is 0 Å². The number of phenols is 1. The van der Waals surface area contributed by atoms with Crippen molar-refractivity contribution in [3.63, 3.8) is 0 Å². The minimum Gasteiger partial charge on any atom is -0.507 e. The summed E-state index contributed by atoms with van der Waals surface area (Å²) >= 11 is 11.6. The van der Waals surface area contributed by atoms with Gasteiger partial charge in [-0.05, 0) is 18.2 Å². The van der Waals surface area contributed by atoms with Crippen molar-refractivity contribution in [2.24, 2.45) is 0 Å². The molecule has 0 aliphatic rings. The zero-order valence-corrected chi connectivity index (χ0v) is 9.09. The SMILES string of the molecule is Oc1ccc2sc(CCl)cc2c1S. The third-order valence-corrected chi connectivity index (χ3v) is 3.85. The van der Waals surface area contributed by atoms with E-state index in [0.29, 0.717) is 10.8 Å². The van der Waals surface area contributed by atoms with Gasteiger partial charge in [0.25, 0.3) is 0 Å². The second kappa shape index (κ2) is 3.40. The van der Waals surface area contributed by atoms with Crippen LogP contribution in [0.25, 0.3) is 10.1 Å². The number of alkyl halides is 1. The number of hydrogen-bond acceptors (Lipinski definition) is 3. The van der Waals surface area contributed by atoms with Crippen LogP contribution in [0.4, 0.5) is 0 Å². The van der Waals surface area contributed by atoms with Crippen molar-refractivity contribution < 1.29 is 5.11 Å². The fraction of sp³-hybridized carbons (Fsp3) is 0.111. The lowest BCUT2D eigenvalue weighted by molar-refractivity contribution is 0.464. The van der Waals surface area contributed by atoms with E-state index < -0.39 is 0 Å². The summed E-state index contributed by atoms with van der Waals surface area (Å²) in [5.74, 6) is 0.725. The molecule has 0 spiro atoms. The predicted octanol–water partition coefficient (Wildman–Crippen LogP) is 3.63. The minimum atomic E-state index is 0.217. The van der Waals surface area contributed by atoms with E-state index in [2.05, 4.69) is 12.6 Å². The molecule has 1 nitrogen and oxygen atoms in total. The monoisotopic (exact) mass is 230 g/mol. The molecule has 0 unspecified atom stereocenters. The topological polar surface area (TPSA) is 20.2 Å². The van der Waals surface area contributed by atoms with Gasteiger partial charge in [0.2, 0.25) is 0 Å². The van der Waals surface area contributed by atoms with Crippen LogP contribution in [0.3, 0.4) is 0 Å². The van der Waals surface area contributed by atoms with Gasteiger partial charge in [-0.25, -0.2) is 0 Å². The minimum absolute atomic E-state index is 0.217. The number of benzene rings is 1. The lowest BCUT2D eigenvalue weighted by Crippen LogP contribution is -1.69. The molecular weight excluding hydrogens is 224 g/mol. The van der Waals surface area contributed by atoms with Crippen LogP contribution in [0.5, 0.6) is 5.75 Å². The Hall–Kier alpha value is -0.380. The molecule has 1 aromatic heterocycles. The predicted molar refractivity (Wildman–Crippen MR) is 60.3 cm³/mol. The van der Waals surface area contributed by atoms with Crippen molar-refractivity contribution in [3.05, 3.63) is 23.1 Å². The molecule has 0 saturated heterocycles. The van der Waals surface area contributed by atoms with Gasteiger partial charge in [0.1, 0.15) is 5.75 Å². The highest BCUT2D eigenvalue weighted by Crippen LogP contribution is 2.35. The average Bonchev–Trinajstić information content (AvgIpc) is 2.55. The van der Waals surface area contributed by atoms with E-state index in [9.17, 15) is 5.11 Å². The maximum Gasteiger partial charge on any atom is 0.129 e. The van der Waals surface area contributed by atoms with Crippen LogP contribution in [-0.4, -0.2) is 5.11 Å². The number of thiol groups is 1. The van der Waals surface area contributed by atoms with Gasteiger partial charge >= 0.3 is 0 Å². The van der Waals surface area contributed by atoms with Gasteiger partial charge in [0, 0.05) is 15.0 Å². The van der Waals surface area contributed by atoms with Gasteiger partial charge in [-0.3, -0.25) is 0 Å². The van der Waals surface area contributed by atoms with Crippen LogP contribution in [-0.2, 0) is 5.88 Å². The molecule has 0 saturated carbocycles. The first-order valence-electron chi connectivity index (χ1n) is 3.71. The summed E-state index contributed by atoms with van der Waals surface area (Å²) < 4.78 is 1.11. The summed E-state index contributed by atoms with van der Waals surface area (Å²) in [6.45, 7) is 0. The fourth-order valence-electron chi connectivity index (χ4n) is 1.20. The van der Waals surface area contributed by atoms with Crippen LogP contribution in [0, 0.1) is 0 Å². The molecule has 4 heteroatoms. The van der Waals surface area contributed by atoms with Crippen molar-refractivity contribution in [2.75, 3.05) is 0 Å². The van der Waals surface area contributed by atoms with E-state index in [1.54, 1.807) is 17.4 Å². The van der Waals surface area contributed by atoms with E-state index in [4.69, 9.17) is 11.6 Å². The van der Waals surface area contributed by atoms with Crippen LogP contribution in [0.15, 0.2) is 23.1 Å². The molecule has 0 amide bonds. The van der Waals surface area contributed by atoms with Crippen molar-refractivity contribution >= 4 is 45.7 Å². The summed E-state index contributed by atoms with van der Waals surface area (Å²) in [5.41, 5.74) is 0. The second-order valence-corrected chi connectivity index (χ2v) is 4.57. The quantitative estimate of drug-likeness (QED) is 0.566. The molecule has 1 aromatic carbocycles. The molecule has 0 aliphatic carbocycles. The van der Waals surface area contributed by atoms with Crippen molar-refractivity contribution in [3.8, 4) is 5.75 Å². The van der Waals surface area contributed by atoms with Gasteiger partial charge < -0.3 is 5.11 Å². The highest BCUT2D eigenvalue weighted by atomic mass is 35.5. The number of phenolic OH excluding ortho intramolecular Hbond substituents is 1. The lowest BCUT2D eigenvalue weighted by atomic mass is 10.2. The average molecular weight is 231 g/mol. The Labute approximate surface area is 90.4 Å². The highest BCUT2D eigenvalue weighted by molar-refractivity contribution is 7.80. The van der Waals surface area contributed by atoms with Gasteiger partial charge in [0.15, 0.2) is 0 Å². The summed E-state index contributed by atoms with van der Waals surface area (Å²) in [4.78, 5) is 1.72. The lowest BCUT2D eigenvalue weighted by Gasteiger charge is -1.97. The van der Waals surface area contributed by atoms with Crippen molar-refractivity contribution in [1.82, 2.24) is 0 Å². The zero-order chi connectivity index (χ0) is 9.42. The Morgan fingerprint density at radius 3 is 2.92 bits per heavy atom. The fourth-order valence-corrected chi connectivity index (χ4v) is 2.70. The Balaban J connectivity index is 2.76. The van der Waals surface area contributed by atoms with E-state index in [1.165, 1.54) is 0 Å². The van der Waals surface area contributed by atoms with E-state index in [-0.39, 0.29) is 5.75 Å². The van der Waals surface area contributed by atoms with Gasteiger partial charge in [0.05, 0.1) is 10.8 Å². The molecule has 0 radical (unpaired) electrons. The third-order valence-electron chi connectivity index (χ3n) is 1.83. The first kappa shape index (κ1) is 9.19. The zero-order valence-electron chi connectivity index (χ0n) is 6.62. The number of rotatable bonds is 1. The standard InChI is InChI=1S/C9H7ClOS2/c10-4-5-3-6-8(13-5)2-1-7(11)9(6)12/h1-3,11-12H,4H2. The molecular formula is C9H7ClOS2. The van der Waals surface area contributed by atoms with Crippen LogP contribution in [0.2, 0.25) is 0 Å². The number of fused-ring (bicyclic) bond motifs is 1. The molecule has 0 bridgehead atoms. The molecule has 2 aromatic rings. The number of hydrogen-bond donors (Lipinski definition) is 2. The summed E-state index contributed by atoms with van der Waals surface area (Å²) in [6, 6.07) is 5.50. The summed E-state index contributed by atoms with van der Waals surface area (Å²) in [6.07, 6.45) is 0. The Bertz CT molecular complexity index is 450. The Morgan fingerprint density at radius 1 is 1.46 bits per heavy atom.